The summed E-state index contributed by atoms with van der Waals surface area (Å²) >= 11 is 1.69. The van der Waals surface area contributed by atoms with Crippen LogP contribution >= 0.6 is 24.1 Å². The van der Waals surface area contributed by atoms with Gasteiger partial charge in [0, 0.05) is 114 Å². The number of methoxy groups -OCH3 is 1. The van der Waals surface area contributed by atoms with E-state index in [9.17, 15) is 45.7 Å². The third-order valence-corrected chi connectivity index (χ3v) is 24.7. The molecule has 0 spiro atoms. The smallest absolute Gasteiger partial charge is 0.333 e. The van der Waals surface area contributed by atoms with E-state index in [1.807, 2.05) is 60.4 Å². The number of nitrogens with zero attached hydrogens (tertiary/aromatic N) is 3. The largest absolute Gasteiger partial charge is 0.492 e. The van der Waals surface area contributed by atoms with Crippen LogP contribution in [0.4, 0.5) is 11.4 Å². The summed E-state index contributed by atoms with van der Waals surface area (Å²) in [4.78, 5) is 32.1. The van der Waals surface area contributed by atoms with Gasteiger partial charge in [0.05, 0.1) is 333 Å². The summed E-state index contributed by atoms with van der Waals surface area (Å²) in [7, 11) is -8.49. The van der Waals surface area contributed by atoms with E-state index in [0.29, 0.717) is 413 Å². The van der Waals surface area contributed by atoms with Crippen molar-refractivity contribution in [3.05, 3.63) is 102 Å². The highest BCUT2D eigenvalue weighted by Gasteiger charge is 2.46. The van der Waals surface area contributed by atoms with Crippen LogP contribution in [0.5, 0.6) is 11.8 Å². The Morgan fingerprint density at radius 3 is 1.23 bits per heavy atom. The Labute approximate surface area is 859 Å². The molecular weight excluding hydrogens is 1990 g/mol. The van der Waals surface area contributed by atoms with E-state index in [4.69, 9.17) is 133 Å². The summed E-state index contributed by atoms with van der Waals surface area (Å²) in [6, 6.07) is 13.1. The molecule has 45 nitrogen and oxygen atoms in total. The summed E-state index contributed by atoms with van der Waals surface area (Å²) in [5.74, 6) is -1.45. The number of ether oxygens (including phenoxy) is 24. The number of rotatable bonds is 99. The Hall–Kier alpha value is -6.25. The molecule has 0 fully saturated rings. The summed E-state index contributed by atoms with van der Waals surface area (Å²) in [5, 5.41) is 48.7. The molecule has 1 atom stereocenters. The Bertz CT molecular complexity index is 4420. The first-order chi connectivity index (χ1) is 70.7. The van der Waals surface area contributed by atoms with Crippen molar-refractivity contribution in [3.8, 4) is 11.8 Å². The summed E-state index contributed by atoms with van der Waals surface area (Å²) in [6.45, 7) is 28.9. The Morgan fingerprint density at radius 2 is 0.828 bits per heavy atom. The molecule has 828 valence electrons. The number of anilines is 1. The van der Waals surface area contributed by atoms with Gasteiger partial charge >= 0.3 is 5.97 Å². The summed E-state index contributed by atoms with van der Waals surface area (Å²) in [6.07, 6.45) is 13.8. The van der Waals surface area contributed by atoms with E-state index in [-0.39, 0.29) is 23.1 Å². The number of allylic oxidation sites excluding steroid dienone is 6. The van der Waals surface area contributed by atoms with E-state index >= 15 is 0 Å². The lowest BCUT2D eigenvalue weighted by molar-refractivity contribution is -0.438. The second-order valence-corrected chi connectivity index (χ2v) is 37.1. The molecule has 2 aliphatic rings. The van der Waals surface area contributed by atoms with Gasteiger partial charge in [0.2, 0.25) is 23.4 Å². The van der Waals surface area contributed by atoms with Gasteiger partial charge in [-0.15, -0.1) is 13.4 Å². The minimum Gasteiger partial charge on any atom is -0.492 e. The van der Waals surface area contributed by atoms with Crippen molar-refractivity contribution in [2.45, 2.75) is 110 Å². The van der Waals surface area contributed by atoms with Gasteiger partial charge < -0.3 is 139 Å². The molecule has 1 unspecified atom stereocenters. The lowest BCUT2D eigenvalue weighted by atomic mass is 9.75. The topological polar surface area (TPSA) is 515 Å². The lowest BCUT2D eigenvalue weighted by Crippen LogP contribution is -2.29. The number of hydrogen-bond acceptors (Lipinski definition) is 42. The number of carbonyl (C=O) groups excluding carboxylic acids is 2. The average molecular weight is 2150 g/mol. The van der Waals surface area contributed by atoms with Crippen molar-refractivity contribution >= 4 is 84.1 Å². The van der Waals surface area contributed by atoms with E-state index < -0.39 is 58.6 Å². The summed E-state index contributed by atoms with van der Waals surface area (Å²) in [5.41, 5.74) is 2.98. The Balaban J connectivity index is 0.700. The highest BCUT2D eigenvalue weighted by molar-refractivity contribution is 7.94. The van der Waals surface area contributed by atoms with Crippen molar-refractivity contribution in [1.29, 1.82) is 0 Å². The molecule has 0 saturated carbocycles. The maximum atomic E-state index is 13.0. The number of carbonyl (C=O) groups is 2. The average Bonchev–Trinajstić information content (AvgIpc) is 1.56. The van der Waals surface area contributed by atoms with Gasteiger partial charge in [-0.3, -0.25) is 13.9 Å². The third kappa shape index (κ3) is 55.0. The van der Waals surface area contributed by atoms with Gasteiger partial charge in [-0.25, -0.2) is 15.3 Å². The lowest BCUT2D eigenvalue weighted by Gasteiger charge is -2.31. The number of fused-ring (bicyclic) bond motifs is 4. The zero-order valence-corrected chi connectivity index (χ0v) is 87.4. The van der Waals surface area contributed by atoms with Crippen molar-refractivity contribution in [2.75, 3.05) is 348 Å². The van der Waals surface area contributed by atoms with Crippen LogP contribution in [0.1, 0.15) is 96.1 Å². The van der Waals surface area contributed by atoms with Crippen molar-refractivity contribution in [1.82, 2.24) is 10.0 Å². The highest BCUT2D eigenvalue weighted by atomic mass is 32.2. The molecule has 3 heterocycles. The van der Waals surface area contributed by atoms with Crippen LogP contribution in [-0.4, -0.2) is 417 Å². The molecule has 1 aromatic heterocycles. The number of aromatic hydroxyl groups is 2. The van der Waals surface area contributed by atoms with Crippen LogP contribution in [0.2, 0.25) is 0 Å². The Kier molecular flexibility index (Phi) is 70.8. The summed E-state index contributed by atoms with van der Waals surface area (Å²) < 4.78 is 217. The third-order valence-electron chi connectivity index (χ3n) is 21.8. The maximum Gasteiger partial charge on any atom is 0.333 e. The monoisotopic (exact) mass is 2150 g/mol. The molecule has 4 aromatic rings. The van der Waals surface area contributed by atoms with Crippen LogP contribution in [0, 0.1) is 0 Å². The second-order valence-electron chi connectivity index (χ2n) is 32.7. The number of benzene rings is 3. The first-order valence-corrected chi connectivity index (χ1v) is 53.5. The molecule has 0 radical (unpaired) electrons. The van der Waals surface area contributed by atoms with Gasteiger partial charge in [0.25, 0.3) is 20.2 Å². The molecule has 49 heteroatoms. The molecule has 0 saturated heterocycles. The van der Waals surface area contributed by atoms with Gasteiger partial charge in [0.15, 0.2) is 5.71 Å². The quantitative estimate of drug-likeness (QED) is 0.00412. The fourth-order valence-electron chi connectivity index (χ4n) is 14.8. The zero-order valence-electron chi connectivity index (χ0n) is 84.2. The maximum absolute atomic E-state index is 13.0. The normalized spacial score (nSPS) is 14.6. The second kappa shape index (κ2) is 80.6. The van der Waals surface area contributed by atoms with E-state index in [2.05, 4.69) is 38.2 Å². The molecule has 7 N–H and O–H groups in total. The van der Waals surface area contributed by atoms with E-state index in [1.54, 1.807) is 13.2 Å². The predicted octanol–water partition coefficient (Wildman–Crippen LogP) is 8.89. The predicted molar refractivity (Wildman–Crippen MR) is 531 cm³/mol. The van der Waals surface area contributed by atoms with Crippen LogP contribution in [0.3, 0.4) is 0 Å². The van der Waals surface area contributed by atoms with Gasteiger partial charge in [-0.05, 0) is 100 Å². The molecule has 145 heavy (non-hydrogen) atoms. The van der Waals surface area contributed by atoms with E-state index in [0.717, 1.165) is 66.0 Å². The van der Waals surface area contributed by atoms with Crippen molar-refractivity contribution in [3.63, 3.8) is 0 Å². The van der Waals surface area contributed by atoms with Crippen LogP contribution in [-0.2, 0) is 173 Å². The fourth-order valence-corrected chi connectivity index (χ4v) is 16.9. The van der Waals surface area contributed by atoms with Gasteiger partial charge in [-0.1, -0.05) is 47.2 Å². The van der Waals surface area contributed by atoms with Crippen LogP contribution in [0.15, 0.2) is 105 Å². The number of unbranched alkanes of at least 4 members (excludes halogenated alkanes) is 4. The number of amides is 1. The minimum atomic E-state index is -5.08. The van der Waals surface area contributed by atoms with Crippen molar-refractivity contribution in [2.24, 2.45) is 0 Å². The molecule has 1 amide bonds. The first kappa shape index (κ1) is 127. The number of aromatic nitrogens is 1. The van der Waals surface area contributed by atoms with Crippen LogP contribution < -0.4 is 15.1 Å². The molecule has 6 rings (SSSR count). The molecule has 0 bridgehead atoms. The zero-order chi connectivity index (χ0) is 104. The molecule has 0 aliphatic carbocycles. The SMILES string of the molecule is COCCOCCOCCOCCOCCOCCOCCOCCOCCOCCOCCOCCOCCOCCOCCOCCOCCOCCOCCOCCOCCOCCOCCOCCNC(=O)CCCCC[N+]1=C(C=CC=CC=C2N(CCCSOOO)c3ccc4c(S(=O)(=O)O)cc(S(=O)(=O)O)cc4c3C2(C)CCCCCC(=O)On2c(O)ccc2O)C(C)(C)c2cc(SOOO)ccc21. The van der Waals surface area contributed by atoms with Gasteiger partial charge in [-0.2, -0.15) is 21.4 Å². The number of hydrogen-bond donors (Lipinski definition) is 7. The van der Waals surface area contributed by atoms with Crippen molar-refractivity contribution < 1.29 is 198 Å². The molecular formula is C96H155N4O41S4+. The highest BCUT2D eigenvalue weighted by Crippen LogP contribution is 2.55. The van der Waals surface area contributed by atoms with Gasteiger partial charge in [0.1, 0.15) is 11.4 Å². The van der Waals surface area contributed by atoms with Crippen LogP contribution in [0.25, 0.3) is 10.8 Å². The minimum absolute atomic E-state index is 0.00751. The fraction of sp³-hybridized carbons (Fsp3) is 0.698. The standard InChI is InChI=1S/C96H154N4O41S4/c1-95(2)84-77-80(143-141-139-106)19-21-85(84)98(88(95)15-8-5-9-16-89-96(3,25-12-6-11-18-93(104)137-100-91(102)23-24-92(100)103)94-83-78-81(144(107,108)109)79-87(145(110,111)112)82(83)20-22-86(94)99(89)28-14-76-142-140-138-105)27-13-7-10-17-90(101)97-26-29-114-32-33-116-36-37-118-40-41-120-44-45-122-48-49-124-52-53-126-56-57-128-60-61-130-64-65-132-68-69-134-72-73-136-75-74-135-71-70-133-67-66-131-63-62-129-59-58-127-55-54-125-51-50-123-47-46-121-43-42-119-39-38-117-35-34-115-31-30-113-4/h5,8-9,15-16,19-24,77-79H,6-7,10-14,17-18,25-76H2,1-4H3,(H6-,97,101,102,103,105,106,107,108,109,110,111,112)/p+1. The number of nitrogens with one attached hydrogen (secondary N) is 1. The molecule has 2 aliphatic heterocycles. The van der Waals surface area contributed by atoms with E-state index in [1.165, 1.54) is 12.1 Å². The first-order valence-electron chi connectivity index (χ1n) is 48.9. The Morgan fingerprint density at radius 1 is 0.428 bits per heavy atom. The molecule has 3 aromatic carbocycles.